The first-order valence-corrected chi connectivity index (χ1v) is 5.66. The van der Waals surface area contributed by atoms with Gasteiger partial charge in [-0.1, -0.05) is 12.2 Å². The molecule has 0 bridgehead atoms. The summed E-state index contributed by atoms with van der Waals surface area (Å²) in [5.74, 6) is 0.181. The number of thioether (sulfide) groups is 1. The van der Waals surface area contributed by atoms with Gasteiger partial charge >= 0.3 is 0 Å². The Morgan fingerprint density at radius 2 is 2.55 bits per heavy atom. The standard InChI is InChI=1S/C6H5NOS3/c8-3-11-2-1-4-5(11)10-6(9)7-4/h1-2,8H,3H2. The number of thiocarbonyl (C=S) groups is 1. The van der Waals surface area contributed by atoms with Gasteiger partial charge in [0.2, 0.25) is 0 Å². The van der Waals surface area contributed by atoms with Crippen LogP contribution in [-0.4, -0.2) is 25.3 Å². The maximum Gasteiger partial charge on any atom is 0.165 e. The van der Waals surface area contributed by atoms with E-state index in [1.165, 1.54) is 11.8 Å². The third-order valence-corrected chi connectivity index (χ3v) is 4.69. The van der Waals surface area contributed by atoms with Crippen LogP contribution in [0.2, 0.25) is 0 Å². The normalized spacial score (nSPS) is 27.7. The molecule has 58 valence electrons. The van der Waals surface area contributed by atoms with Gasteiger partial charge in [0.25, 0.3) is 0 Å². The van der Waals surface area contributed by atoms with Crippen LogP contribution in [0.4, 0.5) is 0 Å². The van der Waals surface area contributed by atoms with Crippen LogP contribution in [0.1, 0.15) is 0 Å². The van der Waals surface area contributed by atoms with Crippen LogP contribution in [0.25, 0.3) is 0 Å². The number of fused-ring (bicyclic) bond motifs is 1. The molecule has 0 aliphatic carbocycles. The molecule has 11 heavy (non-hydrogen) atoms. The number of nitrogens with zero attached hydrogens (tertiary/aromatic N) is 1. The van der Waals surface area contributed by atoms with Gasteiger partial charge in [-0.2, -0.15) is 0 Å². The van der Waals surface area contributed by atoms with Gasteiger partial charge in [-0.15, -0.1) is 10.5 Å². The van der Waals surface area contributed by atoms with Crippen LogP contribution in [0.15, 0.2) is 16.5 Å². The van der Waals surface area contributed by atoms with Gasteiger partial charge in [0.05, 0.1) is 15.8 Å². The lowest BCUT2D eigenvalue weighted by molar-refractivity contribution is 0.375. The summed E-state index contributed by atoms with van der Waals surface area (Å²) < 4.78 is 1.81. The molecule has 1 unspecified atom stereocenters. The number of rotatable bonds is 1. The Bertz CT molecular complexity index is 316. The first-order chi connectivity index (χ1) is 5.31. The zero-order valence-corrected chi connectivity index (χ0v) is 7.93. The van der Waals surface area contributed by atoms with Crippen molar-refractivity contribution in [3.05, 3.63) is 11.5 Å². The number of aliphatic hydroxyl groups is 1. The molecule has 0 aromatic heterocycles. The quantitative estimate of drug-likeness (QED) is 0.653. The van der Waals surface area contributed by atoms with Crippen molar-refractivity contribution in [3.63, 3.8) is 0 Å². The average Bonchev–Trinajstić information content (AvgIpc) is 2.45. The average molecular weight is 203 g/mol. The van der Waals surface area contributed by atoms with E-state index >= 15 is 0 Å². The maximum absolute atomic E-state index is 8.93. The van der Waals surface area contributed by atoms with Crippen LogP contribution >= 0.6 is 34.5 Å². The summed E-state index contributed by atoms with van der Waals surface area (Å²) >= 11 is 6.42. The molecule has 0 saturated carbocycles. The summed E-state index contributed by atoms with van der Waals surface area (Å²) in [5, 5.41) is 10.9. The second kappa shape index (κ2) is 2.82. The smallest absolute Gasteiger partial charge is 0.165 e. The van der Waals surface area contributed by atoms with Gasteiger partial charge in [-0.05, 0) is 23.2 Å². The first-order valence-electron chi connectivity index (χ1n) is 2.98. The Balaban J connectivity index is 2.45. The highest BCUT2D eigenvalue weighted by Gasteiger charge is 2.22. The summed E-state index contributed by atoms with van der Waals surface area (Å²) in [7, 11) is -0.124. The topological polar surface area (TPSA) is 32.6 Å². The van der Waals surface area contributed by atoms with Gasteiger partial charge in [-0.25, -0.2) is 4.99 Å². The SMILES string of the molecule is OCS1=C2SC(=S)N=C2C=C1. The third kappa shape index (κ3) is 1.22. The van der Waals surface area contributed by atoms with E-state index < -0.39 is 0 Å². The summed E-state index contributed by atoms with van der Waals surface area (Å²) in [6.45, 7) is 0. The van der Waals surface area contributed by atoms with Crippen LogP contribution in [0.5, 0.6) is 0 Å². The van der Waals surface area contributed by atoms with Crippen LogP contribution in [0.3, 0.4) is 0 Å². The number of aliphatic hydroxyl groups excluding tert-OH is 1. The molecule has 0 aromatic rings. The minimum absolute atomic E-state index is 0.124. The Morgan fingerprint density at radius 3 is 3.27 bits per heavy atom. The summed E-state index contributed by atoms with van der Waals surface area (Å²) in [6.07, 6.45) is 1.93. The highest BCUT2D eigenvalue weighted by molar-refractivity contribution is 8.46. The molecule has 2 aliphatic heterocycles. The molecule has 0 spiro atoms. The maximum atomic E-state index is 8.93. The zero-order valence-electron chi connectivity index (χ0n) is 5.48. The zero-order chi connectivity index (χ0) is 7.84. The molecule has 2 rings (SSSR count). The number of hydrogen-bond acceptors (Lipinski definition) is 3. The predicted octanol–water partition coefficient (Wildman–Crippen LogP) is 1.33. The minimum Gasteiger partial charge on any atom is -0.386 e. The van der Waals surface area contributed by atoms with Crippen molar-refractivity contribution in [1.82, 2.24) is 0 Å². The molecule has 1 atom stereocenters. The lowest BCUT2D eigenvalue weighted by atomic mass is 10.4. The fourth-order valence-electron chi connectivity index (χ4n) is 0.902. The number of hydrogen-bond donors (Lipinski definition) is 1. The predicted molar refractivity (Wildman–Crippen MR) is 56.4 cm³/mol. The number of allylic oxidation sites excluding steroid dienone is 1. The summed E-state index contributed by atoms with van der Waals surface area (Å²) in [6, 6.07) is 0. The van der Waals surface area contributed by atoms with Crippen LogP contribution in [0, 0.1) is 0 Å². The molecule has 1 N–H and O–H groups in total. The van der Waals surface area contributed by atoms with Crippen molar-refractivity contribution in [1.29, 1.82) is 0 Å². The summed E-state index contributed by atoms with van der Waals surface area (Å²) in [4.78, 5) is 4.13. The first kappa shape index (κ1) is 7.67. The summed E-state index contributed by atoms with van der Waals surface area (Å²) in [5.41, 5.74) is 0.956. The molecule has 2 heterocycles. The molecular weight excluding hydrogens is 198 g/mol. The minimum atomic E-state index is -0.124. The van der Waals surface area contributed by atoms with Gasteiger partial charge in [0.15, 0.2) is 4.32 Å². The van der Waals surface area contributed by atoms with Gasteiger partial charge in [-0.3, -0.25) is 0 Å². The van der Waals surface area contributed by atoms with Crippen molar-refractivity contribution < 1.29 is 5.11 Å². The van der Waals surface area contributed by atoms with Crippen molar-refractivity contribution in [3.8, 4) is 0 Å². The molecule has 0 radical (unpaired) electrons. The van der Waals surface area contributed by atoms with E-state index in [4.69, 9.17) is 17.3 Å². The lowest BCUT2D eigenvalue weighted by Crippen LogP contribution is -1.97. The van der Waals surface area contributed by atoms with E-state index in [2.05, 4.69) is 4.99 Å². The van der Waals surface area contributed by atoms with Gasteiger partial charge in [0.1, 0.15) is 0 Å². The van der Waals surface area contributed by atoms with Crippen LogP contribution in [-0.2, 0) is 0 Å². The lowest BCUT2D eigenvalue weighted by Gasteiger charge is -1.96. The van der Waals surface area contributed by atoms with Gasteiger partial charge < -0.3 is 5.11 Å². The Labute approximate surface area is 76.3 Å². The second-order valence-corrected chi connectivity index (χ2v) is 5.71. The van der Waals surface area contributed by atoms with Crippen LogP contribution < -0.4 is 0 Å². The molecule has 0 amide bonds. The molecule has 0 saturated heterocycles. The highest BCUT2D eigenvalue weighted by Crippen LogP contribution is 2.33. The highest BCUT2D eigenvalue weighted by atomic mass is 32.2. The fourth-order valence-corrected chi connectivity index (χ4v) is 3.92. The molecule has 2 nitrogen and oxygen atoms in total. The molecule has 0 fully saturated rings. The van der Waals surface area contributed by atoms with E-state index in [0.29, 0.717) is 4.32 Å². The van der Waals surface area contributed by atoms with E-state index in [9.17, 15) is 0 Å². The fraction of sp³-hybridized carbons (Fsp3) is 0.167. The van der Waals surface area contributed by atoms with E-state index in [0.717, 1.165) is 9.91 Å². The molecule has 2 aliphatic rings. The molecular formula is C6H5NOS3. The van der Waals surface area contributed by atoms with E-state index in [-0.39, 0.29) is 16.4 Å². The number of aliphatic imine (C=N–C) groups is 1. The Kier molecular flexibility index (Phi) is 1.97. The molecule has 0 aromatic carbocycles. The van der Waals surface area contributed by atoms with Gasteiger partial charge in [0, 0.05) is 0 Å². The van der Waals surface area contributed by atoms with Crippen molar-refractivity contribution in [2.45, 2.75) is 0 Å². The monoisotopic (exact) mass is 203 g/mol. The second-order valence-electron chi connectivity index (χ2n) is 2.01. The third-order valence-electron chi connectivity index (χ3n) is 1.37. The van der Waals surface area contributed by atoms with E-state index in [1.54, 1.807) is 0 Å². The Hall–Kier alpha value is 0.0300. The largest absolute Gasteiger partial charge is 0.386 e. The molecule has 5 heteroatoms. The Morgan fingerprint density at radius 1 is 1.73 bits per heavy atom. The van der Waals surface area contributed by atoms with Crippen molar-refractivity contribution in [2.75, 3.05) is 5.94 Å². The van der Waals surface area contributed by atoms with Crippen molar-refractivity contribution in [2.24, 2.45) is 4.99 Å². The van der Waals surface area contributed by atoms with E-state index in [1.807, 2.05) is 11.5 Å². The van der Waals surface area contributed by atoms with Crippen molar-refractivity contribution >= 4 is 48.7 Å².